The fraction of sp³-hybridized carbons (Fsp3) is 0.179. The van der Waals surface area contributed by atoms with Crippen molar-refractivity contribution in [1.82, 2.24) is 4.57 Å². The normalized spacial score (nSPS) is 11.5. The lowest BCUT2D eigenvalue weighted by atomic mass is 10.0. The third kappa shape index (κ3) is 5.11. The number of halogens is 4. The molecule has 1 aromatic heterocycles. The second-order valence-electron chi connectivity index (χ2n) is 8.69. The topological polar surface area (TPSA) is 57.2 Å². The lowest BCUT2D eigenvalue weighted by molar-refractivity contribution is -0.137. The zero-order valence-electron chi connectivity index (χ0n) is 19.9. The average Bonchev–Trinajstić information content (AvgIpc) is 2.80. The Morgan fingerprint density at radius 1 is 0.917 bits per heavy atom. The van der Waals surface area contributed by atoms with Gasteiger partial charge in [0.15, 0.2) is 0 Å². The van der Waals surface area contributed by atoms with Gasteiger partial charge in [0.25, 0.3) is 5.56 Å². The van der Waals surface area contributed by atoms with Crippen LogP contribution in [0.2, 0.25) is 5.02 Å². The van der Waals surface area contributed by atoms with Crippen molar-refractivity contribution in [3.05, 3.63) is 110 Å². The van der Waals surface area contributed by atoms with Gasteiger partial charge < -0.3 is 15.0 Å². The molecule has 0 amide bonds. The summed E-state index contributed by atoms with van der Waals surface area (Å²) >= 11 is 6.18. The maximum Gasteiger partial charge on any atom is 0.418 e. The van der Waals surface area contributed by atoms with E-state index in [1.165, 1.54) is 4.57 Å². The lowest BCUT2D eigenvalue weighted by Gasteiger charge is -2.20. The summed E-state index contributed by atoms with van der Waals surface area (Å²) in [6.07, 6.45) is -4.78. The van der Waals surface area contributed by atoms with Crippen molar-refractivity contribution < 1.29 is 17.9 Å². The molecule has 1 heterocycles. The van der Waals surface area contributed by atoms with E-state index in [1.807, 2.05) is 32.0 Å². The second kappa shape index (κ2) is 9.74. The predicted octanol–water partition coefficient (Wildman–Crippen LogP) is 7.54. The number of nitrogens with zero attached hydrogens (tertiary/aromatic N) is 1. The van der Waals surface area contributed by atoms with Crippen molar-refractivity contribution in [1.29, 1.82) is 0 Å². The number of pyridine rings is 1. The van der Waals surface area contributed by atoms with E-state index < -0.39 is 23.0 Å². The van der Waals surface area contributed by atoms with Crippen LogP contribution in [0.4, 0.5) is 18.9 Å². The van der Waals surface area contributed by atoms with Crippen LogP contribution in [0.25, 0.3) is 11.3 Å². The number of aryl methyl sites for hydroxylation is 3. The second-order valence-corrected chi connectivity index (χ2v) is 9.10. The summed E-state index contributed by atoms with van der Waals surface area (Å²) in [5.74, 6) is 0.940. The average molecular weight is 513 g/mol. The fourth-order valence-corrected chi connectivity index (χ4v) is 4.23. The van der Waals surface area contributed by atoms with Crippen molar-refractivity contribution in [2.45, 2.75) is 33.5 Å². The Bertz CT molecular complexity index is 1510. The van der Waals surface area contributed by atoms with Gasteiger partial charge in [-0.25, -0.2) is 0 Å². The van der Waals surface area contributed by atoms with Gasteiger partial charge in [-0.2, -0.15) is 13.2 Å². The van der Waals surface area contributed by atoms with Gasteiger partial charge in [-0.1, -0.05) is 47.5 Å². The van der Waals surface area contributed by atoms with Crippen LogP contribution in [-0.2, 0) is 12.7 Å². The Labute approximate surface area is 211 Å². The van der Waals surface area contributed by atoms with Gasteiger partial charge in [-0.3, -0.25) is 4.79 Å². The van der Waals surface area contributed by atoms with Gasteiger partial charge >= 0.3 is 6.18 Å². The third-order valence-corrected chi connectivity index (χ3v) is 6.31. The Hall–Kier alpha value is -3.71. The van der Waals surface area contributed by atoms with E-state index in [4.69, 9.17) is 22.1 Å². The number of hydrogen-bond donors (Lipinski definition) is 1. The molecule has 0 saturated carbocycles. The zero-order chi connectivity index (χ0) is 26.2. The molecular weight excluding hydrogens is 489 g/mol. The van der Waals surface area contributed by atoms with E-state index in [0.29, 0.717) is 27.6 Å². The molecule has 4 rings (SSSR count). The van der Waals surface area contributed by atoms with E-state index in [9.17, 15) is 18.0 Å². The van der Waals surface area contributed by atoms with Crippen molar-refractivity contribution >= 4 is 17.3 Å². The Morgan fingerprint density at radius 3 is 2.28 bits per heavy atom. The third-order valence-electron chi connectivity index (χ3n) is 6.00. The van der Waals surface area contributed by atoms with Crippen molar-refractivity contribution in [3.8, 4) is 22.8 Å². The predicted molar refractivity (Wildman–Crippen MR) is 137 cm³/mol. The van der Waals surface area contributed by atoms with Crippen LogP contribution in [0.1, 0.15) is 27.8 Å². The lowest BCUT2D eigenvalue weighted by Crippen LogP contribution is -2.29. The molecule has 0 aliphatic rings. The molecule has 0 aliphatic heterocycles. The highest BCUT2D eigenvalue weighted by molar-refractivity contribution is 6.32. The monoisotopic (exact) mass is 512 g/mol. The Morgan fingerprint density at radius 2 is 1.64 bits per heavy atom. The summed E-state index contributed by atoms with van der Waals surface area (Å²) in [6, 6.07) is 18.5. The molecule has 0 radical (unpaired) electrons. The van der Waals surface area contributed by atoms with Crippen LogP contribution in [0.15, 0.2) is 71.5 Å². The molecular formula is C28H24ClF3N2O2. The molecule has 36 heavy (non-hydrogen) atoms. The molecule has 0 spiro atoms. The van der Waals surface area contributed by atoms with Crippen LogP contribution in [0.3, 0.4) is 0 Å². The minimum atomic E-state index is -4.78. The Balaban J connectivity index is 1.85. The smallest absolute Gasteiger partial charge is 0.418 e. The summed E-state index contributed by atoms with van der Waals surface area (Å²) in [6.45, 7) is 5.68. The van der Waals surface area contributed by atoms with Gasteiger partial charge in [0.2, 0.25) is 0 Å². The number of rotatable bonds is 5. The number of nitrogens with two attached hydrogens (primary N) is 1. The summed E-state index contributed by atoms with van der Waals surface area (Å²) in [7, 11) is 0. The van der Waals surface area contributed by atoms with Crippen molar-refractivity contribution in [2.75, 3.05) is 5.73 Å². The van der Waals surface area contributed by atoms with Crippen LogP contribution < -0.4 is 16.0 Å². The molecule has 0 fully saturated rings. The molecule has 0 bridgehead atoms. The first-order chi connectivity index (χ1) is 17.0. The SMILES string of the molecule is Cc1ccc(Cn2c(-c3ccc(Oc4ccccc4Cl)c(C)c3)cc(C(F)(F)F)c(N)c2=O)c(C)c1. The largest absolute Gasteiger partial charge is 0.456 e. The molecule has 2 N–H and O–H groups in total. The molecule has 4 aromatic rings. The molecule has 8 heteroatoms. The zero-order valence-corrected chi connectivity index (χ0v) is 20.7. The van der Waals surface area contributed by atoms with Crippen LogP contribution in [0, 0.1) is 20.8 Å². The fourth-order valence-electron chi connectivity index (χ4n) is 4.06. The highest BCUT2D eigenvalue weighted by atomic mass is 35.5. The van der Waals surface area contributed by atoms with Gasteiger partial charge in [-0.05, 0) is 79.4 Å². The summed E-state index contributed by atoms with van der Waals surface area (Å²) < 4.78 is 48.5. The number of anilines is 1. The van der Waals surface area contributed by atoms with Crippen LogP contribution >= 0.6 is 11.6 Å². The number of benzene rings is 3. The quantitative estimate of drug-likeness (QED) is 0.300. The van der Waals surface area contributed by atoms with Crippen molar-refractivity contribution in [2.24, 2.45) is 0 Å². The van der Waals surface area contributed by atoms with Gasteiger partial charge in [-0.15, -0.1) is 0 Å². The standard InChI is InChI=1S/C28H24ClF3N2O2/c1-16-8-9-20(17(2)12-16)15-34-23(14-21(28(30,31)32)26(33)27(34)35)19-10-11-24(18(3)13-19)36-25-7-5-4-6-22(25)29/h4-14H,15,33H2,1-3H3. The first-order valence-corrected chi connectivity index (χ1v) is 11.5. The summed E-state index contributed by atoms with van der Waals surface area (Å²) in [5, 5.41) is 0.427. The first-order valence-electron chi connectivity index (χ1n) is 11.2. The van der Waals surface area contributed by atoms with E-state index >= 15 is 0 Å². The molecule has 4 nitrogen and oxygen atoms in total. The number of para-hydroxylation sites is 1. The number of aromatic nitrogens is 1. The molecule has 0 aliphatic carbocycles. The first kappa shape index (κ1) is 25.4. The summed E-state index contributed by atoms with van der Waals surface area (Å²) in [5.41, 5.74) is 6.77. The van der Waals surface area contributed by atoms with E-state index in [0.717, 1.165) is 22.8 Å². The van der Waals surface area contributed by atoms with Crippen LogP contribution in [-0.4, -0.2) is 4.57 Å². The molecule has 0 saturated heterocycles. The number of alkyl halides is 3. The van der Waals surface area contributed by atoms with Gasteiger partial charge in [0, 0.05) is 0 Å². The van der Waals surface area contributed by atoms with Crippen LogP contribution in [0.5, 0.6) is 11.5 Å². The molecule has 186 valence electrons. The van der Waals surface area contributed by atoms with E-state index in [1.54, 1.807) is 49.4 Å². The number of nitrogen functional groups attached to an aromatic ring is 1. The highest BCUT2D eigenvalue weighted by Gasteiger charge is 2.35. The minimum Gasteiger partial charge on any atom is -0.456 e. The number of hydrogen-bond acceptors (Lipinski definition) is 3. The van der Waals surface area contributed by atoms with Crippen molar-refractivity contribution in [3.63, 3.8) is 0 Å². The maximum absolute atomic E-state index is 13.8. The summed E-state index contributed by atoms with van der Waals surface area (Å²) in [4.78, 5) is 13.1. The Kier molecular flexibility index (Phi) is 6.87. The minimum absolute atomic E-state index is 0.0690. The maximum atomic E-state index is 13.8. The van der Waals surface area contributed by atoms with E-state index in [-0.39, 0.29) is 12.2 Å². The van der Waals surface area contributed by atoms with E-state index in [2.05, 4.69) is 0 Å². The van der Waals surface area contributed by atoms with Gasteiger partial charge in [0.05, 0.1) is 22.8 Å². The highest BCUT2D eigenvalue weighted by Crippen LogP contribution is 2.37. The number of ether oxygens (including phenoxy) is 1. The molecule has 0 unspecified atom stereocenters. The molecule has 0 atom stereocenters. The molecule has 3 aromatic carbocycles. The van der Waals surface area contributed by atoms with Gasteiger partial charge in [0.1, 0.15) is 17.2 Å².